The highest BCUT2D eigenvalue weighted by Gasteiger charge is 2.33. The van der Waals surface area contributed by atoms with Crippen LogP contribution in [0.3, 0.4) is 0 Å². The lowest BCUT2D eigenvalue weighted by atomic mass is 10.1. The van der Waals surface area contributed by atoms with Crippen molar-refractivity contribution in [2.24, 2.45) is 0 Å². The molecule has 0 aromatic heterocycles. The lowest BCUT2D eigenvalue weighted by Gasteiger charge is -2.35. The van der Waals surface area contributed by atoms with Gasteiger partial charge in [0.05, 0.1) is 18.8 Å². The Balaban J connectivity index is 1.64. The maximum atomic E-state index is 12.7. The van der Waals surface area contributed by atoms with Gasteiger partial charge in [-0.25, -0.2) is 4.79 Å². The van der Waals surface area contributed by atoms with E-state index < -0.39 is 12.1 Å². The van der Waals surface area contributed by atoms with Crippen LogP contribution in [-0.4, -0.2) is 66.5 Å². The number of carbonyl (C=O) groups is 2. The fraction of sp³-hybridized carbons (Fsp3) is 0.556. The van der Waals surface area contributed by atoms with Crippen LogP contribution in [0.4, 0.5) is 0 Å². The molecule has 1 amide bonds. The highest BCUT2D eigenvalue weighted by atomic mass is 16.5. The maximum absolute atomic E-state index is 12.7. The van der Waals surface area contributed by atoms with E-state index in [1.807, 2.05) is 0 Å². The Morgan fingerprint density at radius 2 is 2.20 bits per heavy atom. The lowest BCUT2D eigenvalue weighted by Crippen LogP contribution is -2.51. The quantitative estimate of drug-likeness (QED) is 0.868. The van der Waals surface area contributed by atoms with Gasteiger partial charge in [-0.1, -0.05) is 6.07 Å². The molecule has 0 aliphatic carbocycles. The van der Waals surface area contributed by atoms with Gasteiger partial charge in [0, 0.05) is 18.7 Å². The van der Waals surface area contributed by atoms with Crippen LogP contribution in [0.25, 0.3) is 0 Å². The molecular formula is C18H23NO6. The number of benzene rings is 1. The van der Waals surface area contributed by atoms with Crippen LogP contribution >= 0.6 is 0 Å². The Morgan fingerprint density at radius 3 is 2.92 bits per heavy atom. The first-order valence-electron chi connectivity index (χ1n) is 8.55. The third-order valence-corrected chi connectivity index (χ3v) is 4.36. The normalized spacial score (nSPS) is 26.4. The number of hydrogen-bond acceptors (Lipinski definition) is 5. The highest BCUT2D eigenvalue weighted by molar-refractivity contribution is 5.95. The molecule has 0 bridgehead atoms. The van der Waals surface area contributed by atoms with Crippen LogP contribution in [0.1, 0.15) is 30.1 Å². The monoisotopic (exact) mass is 349 g/mol. The van der Waals surface area contributed by atoms with Crippen molar-refractivity contribution >= 4 is 11.9 Å². The Labute approximate surface area is 146 Å². The average molecular weight is 349 g/mol. The van der Waals surface area contributed by atoms with Crippen molar-refractivity contribution in [3.05, 3.63) is 29.8 Å². The molecule has 7 heteroatoms. The Bertz CT molecular complexity index is 628. The van der Waals surface area contributed by atoms with E-state index >= 15 is 0 Å². The Hall–Kier alpha value is -2.12. The molecule has 25 heavy (non-hydrogen) atoms. The van der Waals surface area contributed by atoms with Crippen molar-refractivity contribution in [2.75, 3.05) is 26.3 Å². The first-order valence-corrected chi connectivity index (χ1v) is 8.55. The molecule has 2 heterocycles. The van der Waals surface area contributed by atoms with Gasteiger partial charge in [-0.05, 0) is 38.0 Å². The summed E-state index contributed by atoms with van der Waals surface area (Å²) in [5.41, 5.74) is 0.475. The second kappa shape index (κ2) is 7.84. The van der Waals surface area contributed by atoms with Crippen molar-refractivity contribution in [1.29, 1.82) is 0 Å². The zero-order valence-corrected chi connectivity index (χ0v) is 14.2. The summed E-state index contributed by atoms with van der Waals surface area (Å²) in [7, 11) is 0. The number of amides is 1. The number of carboxylic acids is 1. The standard InChI is InChI=1S/C18H23NO6/c1-12-9-19(10-16(25-12)18(21)22)17(20)13-4-2-5-14(8-13)24-11-15-6-3-7-23-15/h2,4-5,8,12,15-16H,3,6-7,9-11H2,1H3,(H,21,22)/t12-,15?,16?/m1/s1. The molecule has 2 fully saturated rings. The number of ether oxygens (including phenoxy) is 3. The minimum absolute atomic E-state index is 0.0412. The summed E-state index contributed by atoms with van der Waals surface area (Å²) in [5, 5.41) is 9.15. The fourth-order valence-electron chi connectivity index (χ4n) is 3.12. The van der Waals surface area contributed by atoms with E-state index in [4.69, 9.17) is 19.3 Å². The van der Waals surface area contributed by atoms with Crippen LogP contribution in [0.2, 0.25) is 0 Å². The zero-order chi connectivity index (χ0) is 17.8. The maximum Gasteiger partial charge on any atom is 0.334 e. The van der Waals surface area contributed by atoms with Crippen LogP contribution in [0.15, 0.2) is 24.3 Å². The molecule has 2 aliphatic heterocycles. The molecule has 3 rings (SSSR count). The van der Waals surface area contributed by atoms with Crippen molar-refractivity contribution in [3.63, 3.8) is 0 Å². The van der Waals surface area contributed by atoms with Gasteiger partial charge in [-0.3, -0.25) is 4.79 Å². The number of aliphatic carboxylic acids is 1. The third kappa shape index (κ3) is 4.49. The molecule has 2 saturated heterocycles. The van der Waals surface area contributed by atoms with E-state index in [1.165, 1.54) is 4.90 Å². The summed E-state index contributed by atoms with van der Waals surface area (Å²) in [5.74, 6) is -0.667. The highest BCUT2D eigenvalue weighted by Crippen LogP contribution is 2.20. The molecule has 1 aromatic carbocycles. The molecule has 0 saturated carbocycles. The minimum atomic E-state index is -1.06. The van der Waals surface area contributed by atoms with E-state index in [0.29, 0.717) is 24.5 Å². The van der Waals surface area contributed by atoms with Crippen molar-refractivity contribution in [3.8, 4) is 5.75 Å². The summed E-state index contributed by atoms with van der Waals surface area (Å²) in [6.45, 7) is 3.40. The van der Waals surface area contributed by atoms with E-state index in [1.54, 1.807) is 31.2 Å². The van der Waals surface area contributed by atoms with E-state index in [0.717, 1.165) is 19.4 Å². The number of carbonyl (C=O) groups excluding carboxylic acids is 1. The van der Waals surface area contributed by atoms with Gasteiger partial charge in [0.25, 0.3) is 5.91 Å². The molecule has 1 N–H and O–H groups in total. The third-order valence-electron chi connectivity index (χ3n) is 4.36. The summed E-state index contributed by atoms with van der Waals surface area (Å²) in [6, 6.07) is 6.95. The minimum Gasteiger partial charge on any atom is -0.491 e. The van der Waals surface area contributed by atoms with Crippen LogP contribution < -0.4 is 4.74 Å². The summed E-state index contributed by atoms with van der Waals surface area (Å²) in [4.78, 5) is 25.4. The number of hydrogen-bond donors (Lipinski definition) is 1. The molecule has 2 aliphatic rings. The van der Waals surface area contributed by atoms with Crippen LogP contribution in [0.5, 0.6) is 5.75 Å². The zero-order valence-electron chi connectivity index (χ0n) is 14.2. The first-order chi connectivity index (χ1) is 12.0. The molecule has 0 spiro atoms. The molecule has 0 radical (unpaired) electrons. The SMILES string of the molecule is C[C@@H]1CN(C(=O)c2cccc(OCC3CCCO3)c2)CC(C(=O)O)O1. The number of morpholine rings is 1. The van der Waals surface area contributed by atoms with Gasteiger partial charge < -0.3 is 24.2 Å². The van der Waals surface area contributed by atoms with Gasteiger partial charge >= 0.3 is 5.97 Å². The predicted molar refractivity (Wildman–Crippen MR) is 88.8 cm³/mol. The number of rotatable bonds is 5. The van der Waals surface area contributed by atoms with Crippen molar-refractivity contribution in [2.45, 2.75) is 38.1 Å². The summed E-state index contributed by atoms with van der Waals surface area (Å²) < 4.78 is 16.6. The molecule has 7 nitrogen and oxygen atoms in total. The second-order valence-electron chi connectivity index (χ2n) is 6.46. The number of carboxylic acid groups (broad SMARTS) is 1. The fourth-order valence-corrected chi connectivity index (χ4v) is 3.12. The van der Waals surface area contributed by atoms with Gasteiger partial charge in [-0.2, -0.15) is 0 Å². The van der Waals surface area contributed by atoms with Gasteiger partial charge in [0.2, 0.25) is 0 Å². The van der Waals surface area contributed by atoms with Crippen molar-refractivity contribution in [1.82, 2.24) is 4.90 Å². The van der Waals surface area contributed by atoms with Crippen LogP contribution in [0, 0.1) is 0 Å². The predicted octanol–water partition coefficient (Wildman–Crippen LogP) is 1.56. The molecular weight excluding hydrogens is 326 g/mol. The Kier molecular flexibility index (Phi) is 5.55. The summed E-state index contributed by atoms with van der Waals surface area (Å²) >= 11 is 0. The molecule has 2 unspecified atom stereocenters. The van der Waals surface area contributed by atoms with Gasteiger partial charge in [0.15, 0.2) is 6.10 Å². The largest absolute Gasteiger partial charge is 0.491 e. The van der Waals surface area contributed by atoms with Crippen LogP contribution in [-0.2, 0) is 14.3 Å². The average Bonchev–Trinajstić information content (AvgIpc) is 3.12. The van der Waals surface area contributed by atoms with Crippen molar-refractivity contribution < 1.29 is 28.9 Å². The molecule has 3 atom stereocenters. The second-order valence-corrected chi connectivity index (χ2v) is 6.46. The first kappa shape index (κ1) is 17.7. The van der Waals surface area contributed by atoms with Gasteiger partial charge in [-0.15, -0.1) is 0 Å². The lowest BCUT2D eigenvalue weighted by molar-refractivity contribution is -0.160. The number of nitrogens with zero attached hydrogens (tertiary/aromatic N) is 1. The van der Waals surface area contributed by atoms with E-state index in [2.05, 4.69) is 0 Å². The molecule has 1 aromatic rings. The van der Waals surface area contributed by atoms with Gasteiger partial charge in [0.1, 0.15) is 12.4 Å². The topological polar surface area (TPSA) is 85.3 Å². The Morgan fingerprint density at radius 1 is 1.36 bits per heavy atom. The van der Waals surface area contributed by atoms with E-state index in [-0.39, 0.29) is 24.7 Å². The smallest absolute Gasteiger partial charge is 0.334 e. The molecule has 136 valence electrons. The summed E-state index contributed by atoms with van der Waals surface area (Å²) in [6.07, 6.45) is 0.827. The van der Waals surface area contributed by atoms with E-state index in [9.17, 15) is 9.59 Å².